The molecule has 1 atom stereocenters. The van der Waals surface area contributed by atoms with E-state index in [1.807, 2.05) is 20.8 Å². The molecule has 0 saturated heterocycles. The Balaban J connectivity index is 2.42. The summed E-state index contributed by atoms with van der Waals surface area (Å²) in [6.07, 6.45) is 6.13. The minimum atomic E-state index is -1.02. The standard InChI is InChI=1S/C16H31N3O3/c1-16(2,3)19-14(20)11-17-13(10-18-15(21)22)9-12-7-5-4-6-8-12/h12-13,17-18H,4-11H2,1-3H3,(H,19,20)(H,21,22). The fourth-order valence-corrected chi connectivity index (χ4v) is 2.97. The van der Waals surface area contributed by atoms with E-state index in [9.17, 15) is 9.59 Å². The number of amides is 2. The van der Waals surface area contributed by atoms with E-state index in [0.717, 1.165) is 6.42 Å². The van der Waals surface area contributed by atoms with Gasteiger partial charge in [-0.1, -0.05) is 32.1 Å². The molecule has 0 aromatic carbocycles. The second-order valence-electron chi connectivity index (χ2n) is 7.30. The van der Waals surface area contributed by atoms with E-state index in [0.29, 0.717) is 12.5 Å². The van der Waals surface area contributed by atoms with Crippen molar-refractivity contribution in [3.8, 4) is 0 Å². The SMILES string of the molecule is CC(C)(C)NC(=O)CNC(CNC(=O)O)CC1CCCCC1. The Hall–Kier alpha value is -1.30. The van der Waals surface area contributed by atoms with E-state index in [4.69, 9.17) is 5.11 Å². The van der Waals surface area contributed by atoms with Crippen LogP contribution in [0.1, 0.15) is 59.3 Å². The maximum Gasteiger partial charge on any atom is 0.404 e. The van der Waals surface area contributed by atoms with Crippen molar-refractivity contribution in [1.82, 2.24) is 16.0 Å². The largest absolute Gasteiger partial charge is 0.465 e. The molecular weight excluding hydrogens is 282 g/mol. The molecule has 1 saturated carbocycles. The van der Waals surface area contributed by atoms with Gasteiger partial charge in [0.15, 0.2) is 0 Å². The Kier molecular flexibility index (Phi) is 7.65. The third kappa shape index (κ3) is 8.87. The molecule has 6 nitrogen and oxygen atoms in total. The van der Waals surface area contributed by atoms with Crippen LogP contribution in [0, 0.1) is 5.92 Å². The highest BCUT2D eigenvalue weighted by Gasteiger charge is 2.21. The summed E-state index contributed by atoms with van der Waals surface area (Å²) in [6, 6.07) is 0.00455. The monoisotopic (exact) mass is 313 g/mol. The van der Waals surface area contributed by atoms with E-state index in [-0.39, 0.29) is 24.0 Å². The molecule has 0 spiro atoms. The molecule has 128 valence electrons. The van der Waals surface area contributed by atoms with E-state index >= 15 is 0 Å². The van der Waals surface area contributed by atoms with Crippen LogP contribution in [0.15, 0.2) is 0 Å². The molecule has 0 aromatic rings. The minimum absolute atomic E-state index is 0.00455. The average Bonchev–Trinajstić information content (AvgIpc) is 2.41. The molecule has 0 heterocycles. The van der Waals surface area contributed by atoms with Crippen LogP contribution in [-0.4, -0.2) is 41.8 Å². The first kappa shape index (κ1) is 18.7. The molecule has 1 fully saturated rings. The summed E-state index contributed by atoms with van der Waals surface area (Å²) in [5.41, 5.74) is -0.253. The van der Waals surface area contributed by atoms with Crippen molar-refractivity contribution in [2.75, 3.05) is 13.1 Å². The molecule has 0 bridgehead atoms. The first-order valence-corrected chi connectivity index (χ1v) is 8.27. The van der Waals surface area contributed by atoms with Crippen LogP contribution in [0.25, 0.3) is 0 Å². The molecule has 1 unspecified atom stereocenters. The maximum atomic E-state index is 11.9. The van der Waals surface area contributed by atoms with Gasteiger partial charge >= 0.3 is 6.09 Å². The van der Waals surface area contributed by atoms with Gasteiger partial charge in [0, 0.05) is 18.1 Å². The second kappa shape index (κ2) is 8.98. The third-order valence-electron chi connectivity index (χ3n) is 3.91. The number of carbonyl (C=O) groups excluding carboxylic acids is 1. The quantitative estimate of drug-likeness (QED) is 0.579. The van der Waals surface area contributed by atoms with Crippen molar-refractivity contribution in [2.24, 2.45) is 5.92 Å². The van der Waals surface area contributed by atoms with Crippen molar-refractivity contribution in [3.63, 3.8) is 0 Å². The van der Waals surface area contributed by atoms with Crippen molar-refractivity contribution in [3.05, 3.63) is 0 Å². The van der Waals surface area contributed by atoms with Crippen LogP contribution in [0.5, 0.6) is 0 Å². The minimum Gasteiger partial charge on any atom is -0.465 e. The molecule has 2 amide bonds. The predicted octanol–water partition coefficient (Wildman–Crippen LogP) is 2.10. The van der Waals surface area contributed by atoms with Gasteiger partial charge in [0.2, 0.25) is 5.91 Å². The van der Waals surface area contributed by atoms with Crippen LogP contribution in [-0.2, 0) is 4.79 Å². The van der Waals surface area contributed by atoms with Gasteiger partial charge < -0.3 is 21.1 Å². The molecule has 1 aliphatic rings. The van der Waals surface area contributed by atoms with Gasteiger partial charge in [-0.3, -0.25) is 4.79 Å². The molecule has 1 aliphatic carbocycles. The zero-order chi connectivity index (χ0) is 16.6. The van der Waals surface area contributed by atoms with E-state index in [1.54, 1.807) is 0 Å². The topological polar surface area (TPSA) is 90.5 Å². The van der Waals surface area contributed by atoms with E-state index in [2.05, 4.69) is 16.0 Å². The lowest BCUT2D eigenvalue weighted by Crippen LogP contribution is -2.49. The summed E-state index contributed by atoms with van der Waals surface area (Å²) in [4.78, 5) is 22.6. The van der Waals surface area contributed by atoms with Crippen LogP contribution in [0.4, 0.5) is 4.79 Å². The van der Waals surface area contributed by atoms with Crippen LogP contribution in [0.2, 0.25) is 0 Å². The van der Waals surface area contributed by atoms with Gasteiger partial charge in [0.25, 0.3) is 0 Å². The average molecular weight is 313 g/mol. The van der Waals surface area contributed by atoms with Crippen molar-refractivity contribution < 1.29 is 14.7 Å². The molecule has 6 heteroatoms. The number of rotatable bonds is 7. The van der Waals surface area contributed by atoms with Crippen LogP contribution in [0.3, 0.4) is 0 Å². The summed E-state index contributed by atoms with van der Waals surface area (Å²) in [6.45, 7) is 6.38. The molecule has 1 rings (SSSR count). The fraction of sp³-hybridized carbons (Fsp3) is 0.875. The molecule has 4 N–H and O–H groups in total. The predicted molar refractivity (Wildman–Crippen MR) is 86.9 cm³/mol. The Labute approximate surface area is 133 Å². The number of carbonyl (C=O) groups is 2. The third-order valence-corrected chi connectivity index (χ3v) is 3.91. The van der Waals surface area contributed by atoms with E-state index < -0.39 is 6.09 Å². The first-order chi connectivity index (χ1) is 10.3. The first-order valence-electron chi connectivity index (χ1n) is 8.27. The summed E-state index contributed by atoms with van der Waals surface area (Å²) in [5.74, 6) is 0.573. The van der Waals surface area contributed by atoms with Crippen molar-refractivity contribution >= 4 is 12.0 Å². The Bertz CT molecular complexity index is 360. The van der Waals surface area contributed by atoms with Crippen LogP contribution < -0.4 is 16.0 Å². The summed E-state index contributed by atoms with van der Waals surface area (Å²) in [7, 11) is 0. The highest BCUT2D eigenvalue weighted by Crippen LogP contribution is 2.27. The second-order valence-corrected chi connectivity index (χ2v) is 7.30. The molecule has 0 aliphatic heterocycles. The lowest BCUT2D eigenvalue weighted by atomic mass is 9.85. The molecule has 0 aromatic heterocycles. The van der Waals surface area contributed by atoms with Crippen LogP contribution >= 0.6 is 0 Å². The van der Waals surface area contributed by atoms with Crippen molar-refractivity contribution in [1.29, 1.82) is 0 Å². The highest BCUT2D eigenvalue weighted by atomic mass is 16.4. The lowest BCUT2D eigenvalue weighted by molar-refractivity contribution is -0.121. The zero-order valence-corrected chi connectivity index (χ0v) is 14.1. The lowest BCUT2D eigenvalue weighted by Gasteiger charge is -2.28. The number of nitrogens with one attached hydrogen (secondary N) is 3. The van der Waals surface area contributed by atoms with Gasteiger partial charge in [-0.2, -0.15) is 0 Å². The van der Waals surface area contributed by atoms with Gasteiger partial charge in [0.05, 0.1) is 6.54 Å². The smallest absolute Gasteiger partial charge is 0.404 e. The Morgan fingerprint density at radius 3 is 2.36 bits per heavy atom. The van der Waals surface area contributed by atoms with E-state index in [1.165, 1.54) is 32.1 Å². The number of carboxylic acid groups (broad SMARTS) is 1. The molecular formula is C16H31N3O3. The Morgan fingerprint density at radius 1 is 1.18 bits per heavy atom. The number of hydrogen-bond acceptors (Lipinski definition) is 3. The Morgan fingerprint density at radius 2 is 1.82 bits per heavy atom. The van der Waals surface area contributed by atoms with Crippen molar-refractivity contribution in [2.45, 2.75) is 70.9 Å². The highest BCUT2D eigenvalue weighted by molar-refractivity contribution is 5.78. The summed E-state index contributed by atoms with van der Waals surface area (Å²) in [5, 5.41) is 17.3. The molecule has 0 radical (unpaired) electrons. The van der Waals surface area contributed by atoms with Gasteiger partial charge in [-0.05, 0) is 33.1 Å². The molecule has 22 heavy (non-hydrogen) atoms. The summed E-state index contributed by atoms with van der Waals surface area (Å²) >= 11 is 0. The fourth-order valence-electron chi connectivity index (χ4n) is 2.97. The zero-order valence-electron chi connectivity index (χ0n) is 14.1. The van der Waals surface area contributed by atoms with Gasteiger partial charge in [0.1, 0.15) is 0 Å². The normalized spacial score (nSPS) is 17.8. The summed E-state index contributed by atoms with van der Waals surface area (Å²) < 4.78 is 0. The van der Waals surface area contributed by atoms with Gasteiger partial charge in [-0.15, -0.1) is 0 Å². The maximum absolute atomic E-state index is 11.9. The van der Waals surface area contributed by atoms with Gasteiger partial charge in [-0.25, -0.2) is 4.79 Å². The number of hydrogen-bond donors (Lipinski definition) is 4.